The quantitative estimate of drug-likeness (QED) is 0.468. The van der Waals surface area contributed by atoms with Crippen LogP contribution in [-0.2, 0) is 13.6 Å². The number of nitrogens with zero attached hydrogens (tertiary/aromatic N) is 4. The Bertz CT molecular complexity index is 1150. The molecule has 0 atom stereocenters. The Morgan fingerprint density at radius 1 is 1.14 bits per heavy atom. The molecule has 2 heterocycles. The number of carbonyl (C=O) groups is 1. The van der Waals surface area contributed by atoms with Crippen molar-refractivity contribution in [2.45, 2.75) is 6.54 Å². The fourth-order valence-electron chi connectivity index (χ4n) is 3.24. The molecule has 0 saturated carbocycles. The van der Waals surface area contributed by atoms with Gasteiger partial charge in [-0.3, -0.25) is 9.48 Å². The number of pyridine rings is 1. The lowest BCUT2D eigenvalue weighted by molar-refractivity contribution is 0.0787. The van der Waals surface area contributed by atoms with Crippen LogP contribution in [0.4, 0.5) is 0 Å². The van der Waals surface area contributed by atoms with E-state index in [0.29, 0.717) is 12.1 Å². The second-order valence-corrected chi connectivity index (χ2v) is 7.68. The third-order valence-electron chi connectivity index (χ3n) is 4.60. The average molecular weight is 435 g/mol. The van der Waals surface area contributed by atoms with Gasteiger partial charge in [-0.1, -0.05) is 46.3 Å². The van der Waals surface area contributed by atoms with Crippen LogP contribution in [0, 0.1) is 0 Å². The first kappa shape index (κ1) is 18.4. The zero-order chi connectivity index (χ0) is 19.7. The van der Waals surface area contributed by atoms with Gasteiger partial charge in [0.15, 0.2) is 0 Å². The van der Waals surface area contributed by atoms with Gasteiger partial charge in [-0.15, -0.1) is 0 Å². The molecule has 0 unspecified atom stereocenters. The van der Waals surface area contributed by atoms with Crippen molar-refractivity contribution in [2.75, 3.05) is 7.05 Å². The van der Waals surface area contributed by atoms with Crippen LogP contribution in [0.25, 0.3) is 22.2 Å². The molecule has 6 heteroatoms. The zero-order valence-electron chi connectivity index (χ0n) is 15.6. The van der Waals surface area contributed by atoms with E-state index in [1.165, 1.54) is 0 Å². The number of rotatable bonds is 4. The SMILES string of the molecule is CN(Cc1cnn(C)c1)C(=O)c1cc(-c2ccccc2)nc2ccc(Br)cc12. The van der Waals surface area contributed by atoms with Gasteiger partial charge >= 0.3 is 0 Å². The molecule has 2 aromatic carbocycles. The van der Waals surface area contributed by atoms with Crippen molar-refractivity contribution in [1.82, 2.24) is 19.7 Å². The number of hydrogen-bond acceptors (Lipinski definition) is 3. The van der Waals surface area contributed by atoms with E-state index in [0.717, 1.165) is 32.2 Å². The Morgan fingerprint density at radius 3 is 2.64 bits per heavy atom. The van der Waals surface area contributed by atoms with Crippen molar-refractivity contribution >= 4 is 32.7 Å². The van der Waals surface area contributed by atoms with Crippen LogP contribution in [0.3, 0.4) is 0 Å². The summed E-state index contributed by atoms with van der Waals surface area (Å²) in [4.78, 5) is 19.8. The van der Waals surface area contributed by atoms with E-state index < -0.39 is 0 Å². The maximum atomic E-state index is 13.3. The van der Waals surface area contributed by atoms with Gasteiger partial charge < -0.3 is 4.90 Å². The van der Waals surface area contributed by atoms with Crippen molar-refractivity contribution in [2.24, 2.45) is 7.05 Å². The average Bonchev–Trinajstić information content (AvgIpc) is 3.11. The first-order valence-corrected chi connectivity index (χ1v) is 9.69. The van der Waals surface area contributed by atoms with Crippen molar-refractivity contribution < 1.29 is 4.79 Å². The van der Waals surface area contributed by atoms with E-state index in [1.807, 2.05) is 74.9 Å². The minimum atomic E-state index is -0.0495. The predicted octanol–water partition coefficient (Wildman–Crippen LogP) is 4.67. The van der Waals surface area contributed by atoms with E-state index in [1.54, 1.807) is 15.8 Å². The molecule has 0 bridgehead atoms. The first-order valence-electron chi connectivity index (χ1n) is 8.90. The van der Waals surface area contributed by atoms with E-state index in [2.05, 4.69) is 21.0 Å². The Hall–Kier alpha value is -2.99. The molecule has 0 N–H and O–H groups in total. The van der Waals surface area contributed by atoms with Crippen LogP contribution in [0.1, 0.15) is 15.9 Å². The second-order valence-electron chi connectivity index (χ2n) is 6.77. The van der Waals surface area contributed by atoms with Gasteiger partial charge in [0, 0.05) is 47.8 Å². The lowest BCUT2D eigenvalue weighted by Crippen LogP contribution is -2.26. The Balaban J connectivity index is 1.79. The van der Waals surface area contributed by atoms with Crippen LogP contribution >= 0.6 is 15.9 Å². The van der Waals surface area contributed by atoms with Crippen molar-refractivity contribution in [3.8, 4) is 11.3 Å². The van der Waals surface area contributed by atoms with E-state index in [9.17, 15) is 4.79 Å². The standard InChI is InChI=1S/C22H19BrN4O/c1-26(13-15-12-24-27(2)14-15)22(28)19-11-21(16-6-4-3-5-7-16)25-20-9-8-17(23)10-18(19)20/h3-12,14H,13H2,1-2H3. The van der Waals surface area contributed by atoms with E-state index in [-0.39, 0.29) is 5.91 Å². The molecule has 5 nitrogen and oxygen atoms in total. The normalized spacial score (nSPS) is 11.0. The molecular formula is C22H19BrN4O. The van der Waals surface area contributed by atoms with Gasteiger partial charge in [0.05, 0.1) is 23.0 Å². The second kappa shape index (κ2) is 7.56. The zero-order valence-corrected chi connectivity index (χ0v) is 17.2. The number of aryl methyl sites for hydroxylation is 1. The highest BCUT2D eigenvalue weighted by atomic mass is 79.9. The van der Waals surface area contributed by atoms with E-state index in [4.69, 9.17) is 4.98 Å². The fraction of sp³-hybridized carbons (Fsp3) is 0.136. The van der Waals surface area contributed by atoms with Crippen LogP contribution < -0.4 is 0 Å². The molecular weight excluding hydrogens is 416 g/mol. The maximum Gasteiger partial charge on any atom is 0.254 e. The number of carbonyl (C=O) groups excluding carboxylic acids is 1. The van der Waals surface area contributed by atoms with Crippen molar-refractivity contribution in [3.05, 3.63) is 82.6 Å². The van der Waals surface area contributed by atoms with Crippen LogP contribution in [0.2, 0.25) is 0 Å². The maximum absolute atomic E-state index is 13.3. The lowest BCUT2D eigenvalue weighted by Gasteiger charge is -2.18. The van der Waals surface area contributed by atoms with Gasteiger partial charge in [-0.25, -0.2) is 4.98 Å². The molecule has 0 aliphatic heterocycles. The number of aromatic nitrogens is 3. The van der Waals surface area contributed by atoms with E-state index >= 15 is 0 Å². The lowest BCUT2D eigenvalue weighted by atomic mass is 10.0. The highest BCUT2D eigenvalue weighted by Crippen LogP contribution is 2.28. The highest BCUT2D eigenvalue weighted by molar-refractivity contribution is 9.10. The number of benzene rings is 2. The fourth-order valence-corrected chi connectivity index (χ4v) is 3.60. The number of hydrogen-bond donors (Lipinski definition) is 0. The predicted molar refractivity (Wildman–Crippen MR) is 114 cm³/mol. The number of halogens is 1. The topological polar surface area (TPSA) is 51.0 Å². The molecule has 0 saturated heterocycles. The smallest absolute Gasteiger partial charge is 0.254 e. The highest BCUT2D eigenvalue weighted by Gasteiger charge is 2.18. The van der Waals surface area contributed by atoms with Crippen LogP contribution in [-0.4, -0.2) is 32.6 Å². The Labute approximate surface area is 171 Å². The number of amides is 1. The summed E-state index contributed by atoms with van der Waals surface area (Å²) < 4.78 is 2.65. The molecule has 0 radical (unpaired) electrons. The largest absolute Gasteiger partial charge is 0.337 e. The molecule has 0 fully saturated rings. The summed E-state index contributed by atoms with van der Waals surface area (Å²) in [5.74, 6) is -0.0495. The van der Waals surface area contributed by atoms with Gasteiger partial charge in [-0.2, -0.15) is 5.10 Å². The van der Waals surface area contributed by atoms with Crippen molar-refractivity contribution in [1.29, 1.82) is 0 Å². The molecule has 0 spiro atoms. The molecule has 0 aliphatic carbocycles. The Kier molecular flexibility index (Phi) is 4.96. The van der Waals surface area contributed by atoms with Crippen LogP contribution in [0.15, 0.2) is 71.5 Å². The summed E-state index contributed by atoms with van der Waals surface area (Å²) in [5.41, 5.74) is 4.19. The van der Waals surface area contributed by atoms with Crippen molar-refractivity contribution in [3.63, 3.8) is 0 Å². The van der Waals surface area contributed by atoms with Gasteiger partial charge in [0.25, 0.3) is 5.91 Å². The molecule has 2 aromatic heterocycles. The Morgan fingerprint density at radius 2 is 1.93 bits per heavy atom. The van der Waals surface area contributed by atoms with Gasteiger partial charge in [0.1, 0.15) is 0 Å². The summed E-state index contributed by atoms with van der Waals surface area (Å²) >= 11 is 3.51. The molecule has 0 aliphatic rings. The third kappa shape index (κ3) is 3.68. The summed E-state index contributed by atoms with van der Waals surface area (Å²) in [6.07, 6.45) is 3.70. The number of fused-ring (bicyclic) bond motifs is 1. The minimum absolute atomic E-state index is 0.0495. The molecule has 28 heavy (non-hydrogen) atoms. The summed E-state index contributed by atoms with van der Waals surface area (Å²) in [6, 6.07) is 17.6. The molecule has 4 rings (SSSR count). The summed E-state index contributed by atoms with van der Waals surface area (Å²) in [5, 5.41) is 5.01. The van der Waals surface area contributed by atoms with Crippen LogP contribution in [0.5, 0.6) is 0 Å². The first-order chi connectivity index (χ1) is 13.5. The minimum Gasteiger partial charge on any atom is -0.337 e. The van der Waals surface area contributed by atoms with Gasteiger partial charge in [0.2, 0.25) is 0 Å². The molecule has 140 valence electrons. The molecule has 1 amide bonds. The summed E-state index contributed by atoms with van der Waals surface area (Å²) in [6.45, 7) is 0.491. The molecule has 4 aromatic rings. The van der Waals surface area contributed by atoms with Gasteiger partial charge in [-0.05, 0) is 24.3 Å². The summed E-state index contributed by atoms with van der Waals surface area (Å²) in [7, 11) is 3.67. The monoisotopic (exact) mass is 434 g/mol. The third-order valence-corrected chi connectivity index (χ3v) is 5.09.